The molecule has 1 aliphatic carbocycles. The zero-order valence-electron chi connectivity index (χ0n) is 15.1. The SMILES string of the molecule is CN(C(=O)c1cc2cccc(C(F)(F)F)c2s1)C1C2CCN(CC2)C12CC2. The molecule has 0 N–H and O–H groups in total. The van der Waals surface area contributed by atoms with Gasteiger partial charge in [-0.15, -0.1) is 11.3 Å². The van der Waals surface area contributed by atoms with Crippen LogP contribution in [0.25, 0.3) is 10.1 Å². The number of thiophene rings is 1. The molecule has 1 saturated carbocycles. The lowest BCUT2D eigenvalue weighted by Gasteiger charge is -2.54. The summed E-state index contributed by atoms with van der Waals surface area (Å²) in [5, 5.41) is 0.488. The highest BCUT2D eigenvalue weighted by Gasteiger charge is 2.62. The molecule has 4 fully saturated rings. The lowest BCUT2D eigenvalue weighted by atomic mass is 9.76. The van der Waals surface area contributed by atoms with E-state index in [1.54, 1.807) is 12.1 Å². The number of halogens is 3. The Kier molecular flexibility index (Phi) is 3.70. The van der Waals surface area contributed by atoms with E-state index in [9.17, 15) is 18.0 Å². The van der Waals surface area contributed by atoms with Gasteiger partial charge < -0.3 is 4.90 Å². The van der Waals surface area contributed by atoms with Crippen molar-refractivity contribution in [1.82, 2.24) is 9.80 Å². The number of amides is 1. The largest absolute Gasteiger partial charge is 0.417 e. The summed E-state index contributed by atoms with van der Waals surface area (Å²) in [4.78, 5) is 18.0. The fraction of sp³-hybridized carbons (Fsp3) is 0.550. The molecule has 1 atom stereocenters. The van der Waals surface area contributed by atoms with Gasteiger partial charge in [-0.2, -0.15) is 13.2 Å². The number of piperidine rings is 3. The van der Waals surface area contributed by atoms with Crippen LogP contribution in [-0.4, -0.2) is 47.4 Å². The maximum atomic E-state index is 13.3. The summed E-state index contributed by atoms with van der Waals surface area (Å²) in [6.07, 6.45) is 0.0423. The molecule has 1 aromatic heterocycles. The third-order valence-corrected chi connectivity index (χ3v) is 7.90. The molecule has 1 amide bonds. The highest BCUT2D eigenvalue weighted by atomic mass is 32.1. The average molecular weight is 394 g/mol. The van der Waals surface area contributed by atoms with Crippen LogP contribution in [0.5, 0.6) is 0 Å². The van der Waals surface area contributed by atoms with Gasteiger partial charge in [0, 0.05) is 17.3 Å². The highest BCUT2D eigenvalue weighted by molar-refractivity contribution is 7.21. The molecular formula is C20H21F3N2OS. The van der Waals surface area contributed by atoms with Gasteiger partial charge in [0.2, 0.25) is 0 Å². The predicted molar refractivity (Wildman–Crippen MR) is 99.0 cm³/mol. The first-order valence-corrected chi connectivity index (χ1v) is 10.2. The van der Waals surface area contributed by atoms with Gasteiger partial charge in [0.25, 0.3) is 5.91 Å². The van der Waals surface area contributed by atoms with E-state index in [1.165, 1.54) is 6.07 Å². The van der Waals surface area contributed by atoms with E-state index >= 15 is 0 Å². The second-order valence-corrected chi connectivity index (χ2v) is 9.17. The molecule has 2 bridgehead atoms. The predicted octanol–water partition coefficient (Wildman–Crippen LogP) is 4.62. The molecule has 7 heteroatoms. The van der Waals surface area contributed by atoms with E-state index in [1.807, 2.05) is 11.9 Å². The number of hydrogen-bond acceptors (Lipinski definition) is 3. The minimum absolute atomic E-state index is 0.124. The van der Waals surface area contributed by atoms with Crippen molar-refractivity contribution in [1.29, 1.82) is 0 Å². The third kappa shape index (κ3) is 2.54. The summed E-state index contributed by atoms with van der Waals surface area (Å²) in [5.41, 5.74) is -0.535. The average Bonchev–Trinajstić information content (AvgIpc) is 3.28. The van der Waals surface area contributed by atoms with Crippen molar-refractivity contribution in [2.24, 2.45) is 5.92 Å². The van der Waals surface area contributed by atoms with E-state index in [4.69, 9.17) is 0 Å². The van der Waals surface area contributed by atoms with E-state index in [-0.39, 0.29) is 22.2 Å². The molecule has 0 radical (unpaired) electrons. The Balaban J connectivity index is 1.49. The fourth-order valence-electron chi connectivity index (χ4n) is 5.39. The maximum Gasteiger partial charge on any atom is 0.417 e. The minimum atomic E-state index is -4.41. The van der Waals surface area contributed by atoms with Crippen molar-refractivity contribution in [3.63, 3.8) is 0 Å². The number of benzene rings is 1. The third-order valence-electron chi connectivity index (χ3n) is 6.73. The highest BCUT2D eigenvalue weighted by Crippen LogP contribution is 2.55. The first kappa shape index (κ1) is 17.5. The Labute approximate surface area is 159 Å². The smallest absolute Gasteiger partial charge is 0.336 e. The quantitative estimate of drug-likeness (QED) is 0.742. The molecule has 3 aliphatic heterocycles. The van der Waals surface area contributed by atoms with Gasteiger partial charge in [-0.1, -0.05) is 12.1 Å². The summed E-state index contributed by atoms with van der Waals surface area (Å²) in [6.45, 7) is 2.22. The summed E-state index contributed by atoms with van der Waals surface area (Å²) in [7, 11) is 1.84. The first-order chi connectivity index (χ1) is 12.8. The van der Waals surface area contributed by atoms with Crippen LogP contribution in [0.2, 0.25) is 0 Å². The lowest BCUT2D eigenvalue weighted by molar-refractivity contribution is -0.136. The topological polar surface area (TPSA) is 23.6 Å². The van der Waals surface area contributed by atoms with Crippen LogP contribution in [0, 0.1) is 5.92 Å². The number of likely N-dealkylation sites (N-methyl/N-ethyl adjacent to an activating group) is 1. The Morgan fingerprint density at radius 3 is 2.59 bits per heavy atom. The molecule has 1 spiro atoms. The van der Waals surface area contributed by atoms with Gasteiger partial charge in [-0.25, -0.2) is 0 Å². The Hall–Kier alpha value is -1.60. The van der Waals surface area contributed by atoms with Crippen LogP contribution in [0.4, 0.5) is 13.2 Å². The molecule has 3 saturated heterocycles. The zero-order chi connectivity index (χ0) is 19.0. The van der Waals surface area contributed by atoms with E-state index in [0.717, 1.165) is 56.2 Å². The minimum Gasteiger partial charge on any atom is -0.336 e. The van der Waals surface area contributed by atoms with Gasteiger partial charge in [0.1, 0.15) is 0 Å². The van der Waals surface area contributed by atoms with Crippen molar-refractivity contribution < 1.29 is 18.0 Å². The van der Waals surface area contributed by atoms with Crippen molar-refractivity contribution in [3.8, 4) is 0 Å². The van der Waals surface area contributed by atoms with E-state index in [2.05, 4.69) is 4.90 Å². The second-order valence-electron chi connectivity index (χ2n) is 8.12. The van der Waals surface area contributed by atoms with Crippen molar-refractivity contribution in [2.45, 2.75) is 43.4 Å². The van der Waals surface area contributed by atoms with Gasteiger partial charge in [0.15, 0.2) is 0 Å². The standard InChI is InChI=1S/C20H21F3N2OS/c1-24(17-12-5-9-25(10-6-12)19(17)7-8-19)18(26)15-11-13-3-2-4-14(16(13)27-15)20(21,22)23/h2-4,11-12,17H,5-10H2,1H3. The number of fused-ring (bicyclic) bond motifs is 3. The fourth-order valence-corrected chi connectivity index (χ4v) is 6.57. The lowest BCUT2D eigenvalue weighted by Crippen LogP contribution is -2.65. The number of hydrogen-bond donors (Lipinski definition) is 0. The number of nitrogens with zero attached hydrogens (tertiary/aromatic N) is 2. The molecule has 2 aromatic rings. The number of rotatable bonds is 2. The molecule has 4 aliphatic rings. The molecule has 4 heterocycles. The molecule has 27 heavy (non-hydrogen) atoms. The first-order valence-electron chi connectivity index (χ1n) is 9.43. The Morgan fingerprint density at radius 1 is 1.26 bits per heavy atom. The monoisotopic (exact) mass is 394 g/mol. The van der Waals surface area contributed by atoms with Gasteiger partial charge in [-0.3, -0.25) is 9.69 Å². The van der Waals surface area contributed by atoms with Crippen LogP contribution in [0.15, 0.2) is 24.3 Å². The van der Waals surface area contributed by atoms with Crippen LogP contribution in [0.3, 0.4) is 0 Å². The van der Waals surface area contributed by atoms with Crippen LogP contribution in [-0.2, 0) is 6.18 Å². The molecule has 144 valence electrons. The second kappa shape index (κ2) is 5.70. The molecule has 1 aromatic carbocycles. The molecule has 6 rings (SSSR count). The molecular weight excluding hydrogens is 373 g/mol. The van der Waals surface area contributed by atoms with Crippen LogP contribution >= 0.6 is 11.3 Å². The summed E-state index contributed by atoms with van der Waals surface area (Å²) in [5.74, 6) is 0.362. The summed E-state index contributed by atoms with van der Waals surface area (Å²) < 4.78 is 40.0. The van der Waals surface area contributed by atoms with Crippen molar-refractivity contribution >= 4 is 27.3 Å². The summed E-state index contributed by atoms with van der Waals surface area (Å²) >= 11 is 0.967. The number of alkyl halides is 3. The van der Waals surface area contributed by atoms with Crippen LogP contribution in [0.1, 0.15) is 40.9 Å². The van der Waals surface area contributed by atoms with Gasteiger partial charge in [0.05, 0.1) is 16.5 Å². The number of carbonyl (C=O) groups excluding carboxylic acids is 1. The van der Waals surface area contributed by atoms with Gasteiger partial charge in [-0.05, 0) is 62.2 Å². The van der Waals surface area contributed by atoms with Crippen molar-refractivity contribution in [2.75, 3.05) is 20.1 Å². The molecule has 3 nitrogen and oxygen atoms in total. The van der Waals surface area contributed by atoms with Crippen LogP contribution < -0.4 is 0 Å². The normalized spacial score (nSPS) is 28.7. The van der Waals surface area contributed by atoms with Gasteiger partial charge >= 0.3 is 6.18 Å². The van der Waals surface area contributed by atoms with Crippen molar-refractivity contribution in [3.05, 3.63) is 34.7 Å². The Bertz CT molecular complexity index is 910. The zero-order valence-corrected chi connectivity index (χ0v) is 15.9. The van der Waals surface area contributed by atoms with E-state index in [0.29, 0.717) is 16.2 Å². The maximum absolute atomic E-state index is 13.3. The molecule has 1 unspecified atom stereocenters. The Morgan fingerprint density at radius 2 is 1.96 bits per heavy atom. The number of carbonyl (C=O) groups is 1. The van der Waals surface area contributed by atoms with E-state index < -0.39 is 11.7 Å². The summed E-state index contributed by atoms with van der Waals surface area (Å²) in [6, 6.07) is 5.94.